The second kappa shape index (κ2) is 3.98. The van der Waals surface area contributed by atoms with Crippen molar-refractivity contribution >= 4 is 5.91 Å². The molecule has 1 amide bonds. The van der Waals surface area contributed by atoms with Gasteiger partial charge < -0.3 is 4.57 Å². The van der Waals surface area contributed by atoms with E-state index in [0.29, 0.717) is 6.54 Å². The van der Waals surface area contributed by atoms with E-state index in [0.717, 1.165) is 30.9 Å². The van der Waals surface area contributed by atoms with Gasteiger partial charge in [-0.1, -0.05) is 6.92 Å². The first kappa shape index (κ1) is 10.1. The predicted molar refractivity (Wildman–Crippen MR) is 53.5 cm³/mol. The predicted octanol–water partition coefficient (Wildman–Crippen LogP) is -0.607. The van der Waals surface area contributed by atoms with Crippen LogP contribution in [0.15, 0.2) is 0 Å². The van der Waals surface area contributed by atoms with Crippen molar-refractivity contribution in [1.82, 2.24) is 20.2 Å². The molecule has 1 aliphatic heterocycles. The lowest BCUT2D eigenvalue weighted by molar-refractivity contribution is -0.126. The number of amides is 1. The average Bonchev–Trinajstić information content (AvgIpc) is 2.69. The highest BCUT2D eigenvalue weighted by atomic mass is 16.2. The van der Waals surface area contributed by atoms with Gasteiger partial charge in [0.2, 0.25) is 5.91 Å². The Morgan fingerprint density at radius 3 is 3.13 bits per heavy atom. The third kappa shape index (κ3) is 1.72. The first-order chi connectivity index (χ1) is 7.26. The van der Waals surface area contributed by atoms with E-state index in [1.165, 1.54) is 0 Å². The maximum atomic E-state index is 11.4. The quantitative estimate of drug-likeness (QED) is 0.386. The zero-order chi connectivity index (χ0) is 10.8. The zero-order valence-corrected chi connectivity index (χ0v) is 8.73. The normalized spacial score (nSPS) is 19.7. The van der Waals surface area contributed by atoms with Crippen LogP contribution in [0.3, 0.4) is 0 Å². The maximum absolute atomic E-state index is 11.4. The number of carbonyl (C=O) groups excluding carboxylic acids is 1. The van der Waals surface area contributed by atoms with E-state index in [2.05, 4.69) is 15.6 Å². The number of hydrogen-bond acceptors (Lipinski definition) is 4. The number of nitrogens with zero attached hydrogens (tertiary/aromatic N) is 3. The van der Waals surface area contributed by atoms with Crippen LogP contribution in [0.2, 0.25) is 0 Å². The molecule has 0 aliphatic carbocycles. The van der Waals surface area contributed by atoms with Crippen LogP contribution in [-0.2, 0) is 24.2 Å². The summed E-state index contributed by atoms with van der Waals surface area (Å²) in [4.78, 5) is 11.4. The Morgan fingerprint density at radius 2 is 2.47 bits per heavy atom. The molecule has 0 saturated carbocycles. The van der Waals surface area contributed by atoms with Crippen LogP contribution >= 0.6 is 0 Å². The van der Waals surface area contributed by atoms with E-state index in [4.69, 9.17) is 5.84 Å². The Morgan fingerprint density at radius 1 is 1.67 bits per heavy atom. The number of carbonyl (C=O) groups is 1. The highest BCUT2D eigenvalue weighted by Gasteiger charge is 2.26. The molecule has 0 aromatic carbocycles. The summed E-state index contributed by atoms with van der Waals surface area (Å²) in [6, 6.07) is 0. The molecule has 1 aromatic heterocycles. The molecule has 0 spiro atoms. The van der Waals surface area contributed by atoms with E-state index in [1.807, 2.05) is 11.5 Å². The van der Waals surface area contributed by atoms with Crippen LogP contribution in [0.25, 0.3) is 0 Å². The lowest BCUT2D eigenvalue weighted by Gasteiger charge is -2.22. The number of aromatic nitrogens is 3. The van der Waals surface area contributed by atoms with Gasteiger partial charge in [-0.3, -0.25) is 10.2 Å². The Hall–Kier alpha value is -1.43. The Bertz CT molecular complexity index is 359. The zero-order valence-electron chi connectivity index (χ0n) is 8.73. The molecular formula is C9H15N5O. The Labute approximate surface area is 87.8 Å². The van der Waals surface area contributed by atoms with Crippen LogP contribution in [0.1, 0.15) is 25.0 Å². The molecule has 2 heterocycles. The van der Waals surface area contributed by atoms with Gasteiger partial charge in [-0.05, 0) is 6.42 Å². The van der Waals surface area contributed by atoms with Crippen molar-refractivity contribution in [1.29, 1.82) is 0 Å². The molecular weight excluding hydrogens is 194 g/mol. The van der Waals surface area contributed by atoms with Gasteiger partial charge in [0.15, 0.2) is 0 Å². The summed E-state index contributed by atoms with van der Waals surface area (Å²) in [5, 5.41) is 8.18. The summed E-state index contributed by atoms with van der Waals surface area (Å²) in [5.41, 5.74) is 2.20. The summed E-state index contributed by atoms with van der Waals surface area (Å²) < 4.78 is 2.03. The number of rotatable bonds is 2. The van der Waals surface area contributed by atoms with Crippen LogP contribution in [0.5, 0.6) is 0 Å². The van der Waals surface area contributed by atoms with E-state index in [1.54, 1.807) is 0 Å². The molecule has 0 fully saturated rings. The second-order valence-electron chi connectivity index (χ2n) is 3.74. The monoisotopic (exact) mass is 209 g/mol. The molecule has 6 heteroatoms. The number of nitrogens with one attached hydrogen (secondary N) is 1. The topological polar surface area (TPSA) is 85.8 Å². The summed E-state index contributed by atoms with van der Waals surface area (Å²) in [6.45, 7) is 2.68. The van der Waals surface area contributed by atoms with Gasteiger partial charge in [0, 0.05) is 19.4 Å². The van der Waals surface area contributed by atoms with Crippen LogP contribution in [0, 0.1) is 5.92 Å². The molecule has 1 aliphatic rings. The summed E-state index contributed by atoms with van der Waals surface area (Å²) >= 11 is 0. The number of hydrogen-bond donors (Lipinski definition) is 2. The average molecular weight is 209 g/mol. The van der Waals surface area contributed by atoms with Gasteiger partial charge >= 0.3 is 0 Å². The van der Waals surface area contributed by atoms with Gasteiger partial charge in [0.25, 0.3) is 0 Å². The third-order valence-electron chi connectivity index (χ3n) is 2.85. The number of hydrazine groups is 1. The molecule has 1 atom stereocenters. The van der Waals surface area contributed by atoms with Crippen LogP contribution in [-0.4, -0.2) is 20.7 Å². The molecule has 0 bridgehead atoms. The smallest absolute Gasteiger partial charge is 0.238 e. The second-order valence-corrected chi connectivity index (χ2v) is 3.74. The molecule has 0 unspecified atom stereocenters. The molecule has 82 valence electrons. The highest BCUT2D eigenvalue weighted by molar-refractivity contribution is 5.78. The van der Waals surface area contributed by atoms with Crippen molar-refractivity contribution in [2.24, 2.45) is 11.8 Å². The third-order valence-corrected chi connectivity index (χ3v) is 2.85. The number of nitrogens with two attached hydrogens (primary N) is 1. The molecule has 6 nitrogen and oxygen atoms in total. The fourth-order valence-electron chi connectivity index (χ4n) is 1.98. The van der Waals surface area contributed by atoms with Crippen molar-refractivity contribution in [3.05, 3.63) is 11.6 Å². The minimum Gasteiger partial charge on any atom is -0.314 e. The molecule has 2 rings (SSSR count). The highest BCUT2D eigenvalue weighted by Crippen LogP contribution is 2.20. The fourth-order valence-corrected chi connectivity index (χ4v) is 1.98. The number of aryl methyl sites for hydroxylation is 2. The van der Waals surface area contributed by atoms with E-state index < -0.39 is 0 Å². The SMILES string of the molecule is CCc1nnc2n1C[C@H](C(=O)NN)CC2. The van der Waals surface area contributed by atoms with Crippen LogP contribution < -0.4 is 11.3 Å². The maximum Gasteiger partial charge on any atom is 0.238 e. The van der Waals surface area contributed by atoms with E-state index in [9.17, 15) is 4.79 Å². The van der Waals surface area contributed by atoms with Crippen molar-refractivity contribution in [2.45, 2.75) is 32.7 Å². The van der Waals surface area contributed by atoms with Crippen LogP contribution in [0.4, 0.5) is 0 Å². The minimum atomic E-state index is -0.101. The van der Waals surface area contributed by atoms with E-state index >= 15 is 0 Å². The molecule has 0 radical (unpaired) electrons. The fraction of sp³-hybridized carbons (Fsp3) is 0.667. The Kier molecular flexibility index (Phi) is 2.68. The molecule has 1 aromatic rings. The summed E-state index contributed by atoms with van der Waals surface area (Å²) in [5.74, 6) is 6.90. The number of fused-ring (bicyclic) bond motifs is 1. The first-order valence-electron chi connectivity index (χ1n) is 5.17. The van der Waals surface area contributed by atoms with Gasteiger partial charge in [-0.25, -0.2) is 5.84 Å². The van der Waals surface area contributed by atoms with Crippen molar-refractivity contribution < 1.29 is 4.79 Å². The standard InChI is InChI=1S/C9H15N5O/c1-2-7-12-13-8-4-3-6(5-14(7)8)9(15)11-10/h6H,2-5,10H2,1H3,(H,11,15)/t6-/m1/s1. The van der Waals surface area contributed by atoms with Gasteiger partial charge in [-0.2, -0.15) is 0 Å². The minimum absolute atomic E-state index is 0.0520. The van der Waals surface area contributed by atoms with Crippen molar-refractivity contribution in [3.8, 4) is 0 Å². The van der Waals surface area contributed by atoms with Crippen molar-refractivity contribution in [2.75, 3.05) is 0 Å². The largest absolute Gasteiger partial charge is 0.314 e. The van der Waals surface area contributed by atoms with Gasteiger partial charge in [0.05, 0.1) is 5.92 Å². The summed E-state index contributed by atoms with van der Waals surface area (Å²) in [7, 11) is 0. The molecule has 15 heavy (non-hydrogen) atoms. The Balaban J connectivity index is 2.20. The molecule has 0 saturated heterocycles. The van der Waals surface area contributed by atoms with Gasteiger partial charge in [0.1, 0.15) is 11.6 Å². The molecule has 3 N–H and O–H groups in total. The summed E-state index contributed by atoms with van der Waals surface area (Å²) in [6.07, 6.45) is 2.43. The van der Waals surface area contributed by atoms with Gasteiger partial charge in [-0.15, -0.1) is 10.2 Å². The van der Waals surface area contributed by atoms with Crippen molar-refractivity contribution in [3.63, 3.8) is 0 Å². The van der Waals surface area contributed by atoms with E-state index in [-0.39, 0.29) is 11.8 Å². The first-order valence-corrected chi connectivity index (χ1v) is 5.17. The lowest BCUT2D eigenvalue weighted by atomic mass is 9.98. The lowest BCUT2D eigenvalue weighted by Crippen LogP contribution is -2.39.